The third kappa shape index (κ3) is 8.62. The average molecular weight is 610 g/mol. The summed E-state index contributed by atoms with van der Waals surface area (Å²) >= 11 is 0. The van der Waals surface area contributed by atoms with Gasteiger partial charge in [-0.3, -0.25) is 4.99 Å². The van der Waals surface area contributed by atoms with Crippen molar-refractivity contribution < 1.29 is 43.5 Å². The molecule has 0 aliphatic carbocycles. The quantitative estimate of drug-likeness (QED) is 0.177. The Labute approximate surface area is 232 Å². The maximum absolute atomic E-state index is 5.08. The second-order valence-corrected chi connectivity index (χ2v) is 9.84. The van der Waals surface area contributed by atoms with Gasteiger partial charge in [0.05, 0.1) is 5.69 Å². The van der Waals surface area contributed by atoms with Crippen LogP contribution in [0, 0.1) is 0 Å². The predicted octanol–water partition coefficient (Wildman–Crippen LogP) is 6.88. The van der Waals surface area contributed by atoms with Gasteiger partial charge in [-0.05, 0) is 41.7 Å². The number of hydrogen-bond acceptors (Lipinski definition) is 1. The van der Waals surface area contributed by atoms with E-state index in [1.807, 2.05) is 0 Å². The molecule has 0 unspecified atom stereocenters. The van der Waals surface area contributed by atoms with Crippen molar-refractivity contribution in [1.29, 1.82) is 0 Å². The minimum Gasteiger partial charge on any atom is -1.00 e. The zero-order valence-electron chi connectivity index (χ0n) is 22.3. The summed E-state index contributed by atoms with van der Waals surface area (Å²) in [5.41, 5.74) is 9.45. The number of hydrogen-bond donors (Lipinski definition) is 0. The first-order valence-corrected chi connectivity index (χ1v) is 11.7. The zero-order valence-corrected chi connectivity index (χ0v) is 27.5. The molecular weight excluding hydrogens is 569 g/mol. The largest absolute Gasteiger partial charge is 2.00 e. The van der Waals surface area contributed by atoms with Gasteiger partial charge in [-0.25, -0.2) is 0 Å². The molecule has 0 saturated carbocycles. The minimum atomic E-state index is 0. The van der Waals surface area contributed by atoms with E-state index in [-0.39, 0.29) is 43.5 Å². The minimum absolute atomic E-state index is 0. The zero-order chi connectivity index (χ0) is 23.3. The van der Waals surface area contributed by atoms with Crippen LogP contribution >= 0.6 is 0 Å². The van der Waals surface area contributed by atoms with Crippen LogP contribution in [0.3, 0.4) is 0 Å². The normalized spacial score (nSPS) is 12.3. The molecule has 0 N–H and O–H groups in total. The fraction of sp³-hybridized carbons (Fsp3) is 0.483. The second kappa shape index (κ2) is 14.4. The van der Waals surface area contributed by atoms with Crippen molar-refractivity contribution in [3.05, 3.63) is 75.7 Å². The Morgan fingerprint density at radius 1 is 0.697 bits per heavy atom. The number of para-hydroxylation sites is 2. The Morgan fingerprint density at radius 3 is 1.42 bits per heavy atom. The fourth-order valence-corrected chi connectivity index (χ4v) is 4.00. The van der Waals surface area contributed by atoms with Gasteiger partial charge < -0.3 is 29.3 Å². The van der Waals surface area contributed by atoms with Crippen LogP contribution in [0.2, 0.25) is 0 Å². The van der Waals surface area contributed by atoms with Gasteiger partial charge in [0.25, 0.3) is 0 Å². The van der Waals surface area contributed by atoms with Crippen molar-refractivity contribution in [3.63, 3.8) is 0 Å². The molecule has 2 nitrogen and oxygen atoms in total. The van der Waals surface area contributed by atoms with E-state index in [2.05, 4.69) is 112 Å². The maximum atomic E-state index is 5.08. The molecule has 33 heavy (non-hydrogen) atoms. The second-order valence-electron chi connectivity index (χ2n) is 9.84. The molecule has 0 amide bonds. The molecule has 0 aliphatic heterocycles. The molecule has 4 heteroatoms. The van der Waals surface area contributed by atoms with Crippen molar-refractivity contribution >= 4 is 17.1 Å². The third-order valence-corrected chi connectivity index (χ3v) is 5.68. The van der Waals surface area contributed by atoms with Crippen molar-refractivity contribution in [1.82, 2.24) is 0 Å². The monoisotopic (exact) mass is 608 g/mol. The number of benzene rings is 2. The molecule has 0 bridgehead atoms. The number of aliphatic imine (C=N–C) groups is 1. The van der Waals surface area contributed by atoms with E-state index in [9.17, 15) is 0 Å². The molecule has 2 rings (SSSR count). The van der Waals surface area contributed by atoms with E-state index >= 15 is 0 Å². The fourth-order valence-electron chi connectivity index (χ4n) is 4.00. The van der Waals surface area contributed by atoms with Gasteiger partial charge in [0.1, 0.15) is 0 Å². The van der Waals surface area contributed by atoms with E-state index in [1.54, 1.807) is 0 Å². The van der Waals surface area contributed by atoms with Crippen molar-refractivity contribution in [2.45, 2.75) is 92.9 Å². The smallest absolute Gasteiger partial charge is 1.00 e. The first-order valence-electron chi connectivity index (χ1n) is 11.7. The maximum Gasteiger partial charge on any atom is 2.00 e. The average Bonchev–Trinajstić information content (AvgIpc) is 2.67. The Kier molecular flexibility index (Phi) is 14.0. The summed E-state index contributed by atoms with van der Waals surface area (Å²) in [6.07, 6.45) is 2.11. The van der Waals surface area contributed by atoms with Crippen LogP contribution in [0.15, 0.2) is 53.2 Å². The number of rotatable bonds is 8. The van der Waals surface area contributed by atoms with Gasteiger partial charge in [0.15, 0.2) is 0 Å². The molecule has 2 aromatic rings. The molecule has 0 atom stereocenters. The molecule has 0 saturated heterocycles. The SMILES string of the molecule is CC(/C=C(\C)[N-]c1c(C(C)C)cccc1C(C)C)=Nc1c(C(C)C)cccc1C(C)C.[I-].[Zn+2]. The predicted molar refractivity (Wildman–Crippen MR) is 139 cm³/mol. The van der Waals surface area contributed by atoms with E-state index in [1.165, 1.54) is 22.3 Å². The van der Waals surface area contributed by atoms with Gasteiger partial charge in [-0.2, -0.15) is 5.70 Å². The number of nitrogens with zero attached hydrogens (tertiary/aromatic N) is 2. The van der Waals surface area contributed by atoms with Crippen LogP contribution in [0.5, 0.6) is 0 Å². The van der Waals surface area contributed by atoms with Crippen LogP contribution in [-0.2, 0) is 19.5 Å². The summed E-state index contributed by atoms with van der Waals surface area (Å²) in [5.74, 6) is 1.75. The van der Waals surface area contributed by atoms with Crippen LogP contribution < -0.4 is 24.0 Å². The van der Waals surface area contributed by atoms with Crippen molar-refractivity contribution in [3.8, 4) is 0 Å². The van der Waals surface area contributed by atoms with Gasteiger partial charge in [0, 0.05) is 5.71 Å². The van der Waals surface area contributed by atoms with Gasteiger partial charge >= 0.3 is 19.5 Å². The van der Waals surface area contributed by atoms with Gasteiger partial charge in [-0.15, -0.1) is 5.69 Å². The van der Waals surface area contributed by atoms with E-state index in [0.717, 1.165) is 22.8 Å². The molecule has 0 aromatic heterocycles. The van der Waals surface area contributed by atoms with Crippen LogP contribution in [0.4, 0.5) is 11.4 Å². The number of halogens is 1. The Hall–Kier alpha value is -0.997. The molecule has 0 heterocycles. The van der Waals surface area contributed by atoms with Crippen molar-refractivity contribution in [2.75, 3.05) is 0 Å². The summed E-state index contributed by atoms with van der Waals surface area (Å²) in [6, 6.07) is 13.1. The molecule has 0 fully saturated rings. The summed E-state index contributed by atoms with van der Waals surface area (Å²) < 4.78 is 0. The summed E-state index contributed by atoms with van der Waals surface area (Å²) in [7, 11) is 0. The Morgan fingerprint density at radius 2 is 1.06 bits per heavy atom. The third-order valence-electron chi connectivity index (χ3n) is 5.68. The standard InChI is InChI=1S/C29H41N2.HI.Zn/c1-18(2)24-13-11-14-25(19(3)4)28(24)30-22(9)17-23(10)31-29-26(20(5)6)15-12-16-27(29)21(7)8;;/h11-21H,1-10H3;1H;/q-1;;+2/p-1/b22-17+,31-23?;;. The number of allylic oxidation sites excluding steroid dienone is 2. The Bertz CT molecular complexity index is 904. The van der Waals surface area contributed by atoms with E-state index in [0.29, 0.717) is 23.7 Å². The van der Waals surface area contributed by atoms with Gasteiger partial charge in [0.2, 0.25) is 0 Å². The summed E-state index contributed by atoms with van der Waals surface area (Å²) in [4.78, 5) is 5.08. The topological polar surface area (TPSA) is 26.5 Å². The Balaban J connectivity index is 0.00000512. The van der Waals surface area contributed by atoms with Gasteiger partial charge in [-0.1, -0.05) is 116 Å². The molecule has 0 aliphatic rings. The summed E-state index contributed by atoms with van der Waals surface area (Å²) in [5, 5.41) is 5.08. The van der Waals surface area contributed by atoms with E-state index in [4.69, 9.17) is 10.3 Å². The van der Waals surface area contributed by atoms with Crippen LogP contribution in [0.25, 0.3) is 5.32 Å². The molecule has 0 spiro atoms. The molecular formula is C29H41IN2Zn. The molecule has 2 aromatic carbocycles. The van der Waals surface area contributed by atoms with Crippen molar-refractivity contribution in [2.24, 2.45) is 4.99 Å². The van der Waals surface area contributed by atoms with Crippen LogP contribution in [0.1, 0.15) is 115 Å². The van der Waals surface area contributed by atoms with E-state index < -0.39 is 0 Å². The first kappa shape index (κ1) is 32.0. The first-order chi connectivity index (χ1) is 14.5. The van der Waals surface area contributed by atoms with Crippen LogP contribution in [-0.4, -0.2) is 5.71 Å². The molecule has 0 radical (unpaired) electrons. The summed E-state index contributed by atoms with van der Waals surface area (Å²) in [6.45, 7) is 22.1. The molecule has 176 valence electrons.